The normalized spacial score (nSPS) is 19.7. The number of hydrogen-bond donors (Lipinski definition) is 1. The Morgan fingerprint density at radius 2 is 2.08 bits per heavy atom. The summed E-state index contributed by atoms with van der Waals surface area (Å²) in [5.41, 5.74) is 0. The topological polar surface area (TPSA) is 64.6 Å². The summed E-state index contributed by atoms with van der Waals surface area (Å²) < 4.78 is 11.3. The smallest absolute Gasteiger partial charge is 0.309 e. The molecule has 0 spiro atoms. The van der Waals surface area contributed by atoms with Gasteiger partial charge in [-0.05, 0) is 59.3 Å². The highest BCUT2D eigenvalue weighted by atomic mass is 79.9. The summed E-state index contributed by atoms with van der Waals surface area (Å²) in [5, 5.41) is 3.59. The van der Waals surface area contributed by atoms with Crippen LogP contribution in [0.3, 0.4) is 0 Å². The van der Waals surface area contributed by atoms with Gasteiger partial charge in [0, 0.05) is 18.0 Å². The van der Waals surface area contributed by atoms with E-state index in [0.717, 1.165) is 30.2 Å². The first-order chi connectivity index (χ1) is 12.5. The molecule has 0 radical (unpaired) electrons. The summed E-state index contributed by atoms with van der Waals surface area (Å²) in [5.74, 6) is 0.600. The van der Waals surface area contributed by atoms with Gasteiger partial charge in [-0.2, -0.15) is 0 Å². The highest BCUT2D eigenvalue weighted by molar-refractivity contribution is 9.10. The van der Waals surface area contributed by atoms with Crippen LogP contribution in [0.2, 0.25) is 5.02 Å². The van der Waals surface area contributed by atoms with Gasteiger partial charge in [0.15, 0.2) is 0 Å². The fraction of sp³-hybridized carbons (Fsp3) is 0.579. The van der Waals surface area contributed by atoms with E-state index < -0.39 is 0 Å². The molecule has 7 heteroatoms. The third-order valence-corrected chi connectivity index (χ3v) is 5.53. The van der Waals surface area contributed by atoms with Crippen LogP contribution in [0.1, 0.15) is 38.5 Å². The Kier molecular flexibility index (Phi) is 8.72. The van der Waals surface area contributed by atoms with Gasteiger partial charge in [0.2, 0.25) is 5.91 Å². The van der Waals surface area contributed by atoms with Crippen molar-refractivity contribution in [3.63, 3.8) is 0 Å². The number of hydrogen-bond acceptors (Lipinski definition) is 4. The van der Waals surface area contributed by atoms with Crippen LogP contribution in [-0.2, 0) is 14.3 Å². The lowest BCUT2D eigenvalue weighted by atomic mass is 9.79. The third kappa shape index (κ3) is 6.47. The number of ether oxygens (including phenoxy) is 2. The summed E-state index contributed by atoms with van der Waals surface area (Å²) in [6, 6.07) is 5.32. The minimum atomic E-state index is -0.161. The maximum Gasteiger partial charge on any atom is 0.309 e. The van der Waals surface area contributed by atoms with E-state index in [2.05, 4.69) is 21.2 Å². The molecule has 2 unspecified atom stereocenters. The summed E-state index contributed by atoms with van der Waals surface area (Å²) in [4.78, 5) is 23.9. The maximum absolute atomic E-state index is 12.0. The van der Waals surface area contributed by atoms with Crippen LogP contribution in [0.15, 0.2) is 22.7 Å². The first-order valence-electron chi connectivity index (χ1n) is 8.93. The third-order valence-electron chi connectivity index (χ3n) is 4.67. The van der Waals surface area contributed by atoms with Crippen molar-refractivity contribution >= 4 is 39.4 Å². The second kappa shape index (κ2) is 10.8. The average Bonchev–Trinajstić information content (AvgIpc) is 2.64. The van der Waals surface area contributed by atoms with Gasteiger partial charge in [0.1, 0.15) is 5.75 Å². The summed E-state index contributed by atoms with van der Waals surface area (Å²) in [7, 11) is 1.42. The van der Waals surface area contributed by atoms with Crippen molar-refractivity contribution < 1.29 is 19.1 Å². The van der Waals surface area contributed by atoms with Crippen molar-refractivity contribution in [2.75, 3.05) is 20.3 Å². The predicted octanol–water partition coefficient (Wildman–Crippen LogP) is 4.36. The Morgan fingerprint density at radius 1 is 1.31 bits per heavy atom. The monoisotopic (exact) mass is 445 g/mol. The molecule has 2 rings (SSSR count). The van der Waals surface area contributed by atoms with Crippen molar-refractivity contribution in [3.8, 4) is 5.75 Å². The molecule has 26 heavy (non-hydrogen) atoms. The molecule has 2 atom stereocenters. The molecule has 0 aliphatic heterocycles. The van der Waals surface area contributed by atoms with E-state index >= 15 is 0 Å². The van der Waals surface area contributed by atoms with Gasteiger partial charge >= 0.3 is 5.97 Å². The lowest BCUT2D eigenvalue weighted by Gasteiger charge is -2.29. The van der Waals surface area contributed by atoms with Crippen LogP contribution in [0.5, 0.6) is 5.75 Å². The summed E-state index contributed by atoms with van der Waals surface area (Å²) in [6.07, 6.45) is 4.94. The van der Waals surface area contributed by atoms with E-state index in [1.54, 1.807) is 18.2 Å². The van der Waals surface area contributed by atoms with Crippen LogP contribution >= 0.6 is 27.5 Å². The molecule has 1 N–H and O–H groups in total. The molecule has 1 aliphatic carbocycles. The predicted molar refractivity (Wildman–Crippen MR) is 104 cm³/mol. The van der Waals surface area contributed by atoms with Crippen LogP contribution in [-0.4, -0.2) is 32.1 Å². The average molecular weight is 447 g/mol. The molecule has 144 valence electrons. The quantitative estimate of drug-likeness (QED) is 0.476. The number of rotatable bonds is 8. The molecule has 0 saturated heterocycles. The van der Waals surface area contributed by atoms with Crippen molar-refractivity contribution in [2.24, 2.45) is 11.8 Å². The summed E-state index contributed by atoms with van der Waals surface area (Å²) >= 11 is 9.28. The van der Waals surface area contributed by atoms with Gasteiger partial charge in [0.05, 0.1) is 24.1 Å². The number of esters is 1. The second-order valence-corrected chi connectivity index (χ2v) is 7.80. The number of amides is 1. The number of methoxy groups -OCH3 is 1. The zero-order valence-corrected chi connectivity index (χ0v) is 17.3. The maximum atomic E-state index is 12.0. The Balaban J connectivity index is 1.67. The zero-order chi connectivity index (χ0) is 18.9. The first kappa shape index (κ1) is 21.0. The van der Waals surface area contributed by atoms with Gasteiger partial charge in [-0.25, -0.2) is 0 Å². The van der Waals surface area contributed by atoms with Crippen molar-refractivity contribution in [3.05, 3.63) is 27.7 Å². The van der Waals surface area contributed by atoms with E-state index in [4.69, 9.17) is 21.1 Å². The van der Waals surface area contributed by atoms with Crippen molar-refractivity contribution in [2.45, 2.75) is 38.5 Å². The number of carbonyl (C=O) groups excluding carboxylic acids is 2. The van der Waals surface area contributed by atoms with Crippen LogP contribution in [0.25, 0.3) is 0 Å². The Morgan fingerprint density at radius 3 is 2.81 bits per heavy atom. The summed E-state index contributed by atoms with van der Waals surface area (Å²) in [6.45, 7) is 0.976. The van der Waals surface area contributed by atoms with Crippen molar-refractivity contribution in [1.29, 1.82) is 0 Å². The van der Waals surface area contributed by atoms with Crippen molar-refractivity contribution in [1.82, 2.24) is 5.32 Å². The largest absolute Gasteiger partial charge is 0.492 e. The lowest BCUT2D eigenvalue weighted by molar-refractivity contribution is -0.148. The second-order valence-electron chi connectivity index (χ2n) is 6.51. The van der Waals surface area contributed by atoms with E-state index in [-0.39, 0.29) is 23.7 Å². The molecule has 1 fully saturated rings. The molecular formula is C19H25BrClNO4. The minimum Gasteiger partial charge on any atom is -0.492 e. The SMILES string of the molecule is COC(=O)C1CCCCC1CNC(=O)CCCOc1ccc(Cl)cc1Br. The lowest BCUT2D eigenvalue weighted by Crippen LogP contribution is -2.37. The zero-order valence-electron chi connectivity index (χ0n) is 14.9. The van der Waals surface area contributed by atoms with E-state index in [1.807, 2.05) is 0 Å². The number of benzene rings is 1. The number of halogens is 2. The first-order valence-corrected chi connectivity index (χ1v) is 10.1. The Hall–Kier alpha value is -1.27. The van der Waals surface area contributed by atoms with Crippen LogP contribution < -0.4 is 10.1 Å². The van der Waals surface area contributed by atoms with Gasteiger partial charge in [-0.3, -0.25) is 9.59 Å². The van der Waals surface area contributed by atoms with Crippen LogP contribution in [0, 0.1) is 11.8 Å². The molecule has 0 heterocycles. The van der Waals surface area contributed by atoms with Gasteiger partial charge < -0.3 is 14.8 Å². The molecule has 1 saturated carbocycles. The van der Waals surface area contributed by atoms with Gasteiger partial charge in [-0.15, -0.1) is 0 Å². The minimum absolute atomic E-state index is 0.0158. The molecule has 1 aromatic rings. The molecule has 5 nitrogen and oxygen atoms in total. The molecule has 0 aromatic heterocycles. The molecule has 0 bridgehead atoms. The standard InChI is InChI=1S/C19H25BrClNO4/c1-25-19(24)15-6-3-2-5-13(15)12-22-18(23)7-4-10-26-17-9-8-14(21)11-16(17)20/h8-9,11,13,15H,2-7,10,12H2,1H3,(H,22,23). The molecule has 1 aliphatic rings. The fourth-order valence-corrected chi connectivity index (χ4v) is 4.05. The van der Waals surface area contributed by atoms with E-state index in [1.165, 1.54) is 7.11 Å². The highest BCUT2D eigenvalue weighted by Crippen LogP contribution is 2.30. The van der Waals surface area contributed by atoms with Gasteiger partial charge in [0.25, 0.3) is 0 Å². The number of nitrogens with one attached hydrogen (secondary N) is 1. The van der Waals surface area contributed by atoms with Gasteiger partial charge in [-0.1, -0.05) is 24.4 Å². The molecular weight excluding hydrogens is 422 g/mol. The molecule has 1 aromatic carbocycles. The fourth-order valence-electron chi connectivity index (χ4n) is 3.25. The highest BCUT2D eigenvalue weighted by Gasteiger charge is 2.31. The van der Waals surface area contributed by atoms with E-state index in [9.17, 15) is 9.59 Å². The van der Waals surface area contributed by atoms with Crippen LogP contribution in [0.4, 0.5) is 0 Å². The number of carbonyl (C=O) groups is 2. The Labute approximate surface area is 167 Å². The molecule has 1 amide bonds. The Bertz CT molecular complexity index is 626. The van der Waals surface area contributed by atoms with E-state index in [0.29, 0.717) is 36.8 Å².